The number of hydrogen-bond acceptors (Lipinski definition) is 5. The van der Waals surface area contributed by atoms with Gasteiger partial charge in [0.25, 0.3) is 5.91 Å². The number of methoxy groups -OCH3 is 1. The van der Waals surface area contributed by atoms with Crippen LogP contribution in [0.1, 0.15) is 35.7 Å². The Labute approximate surface area is 121 Å². The Kier molecular flexibility index (Phi) is 3.25. The van der Waals surface area contributed by atoms with Gasteiger partial charge in [0.1, 0.15) is 11.9 Å². The molecular weight excluding hydrogens is 272 g/mol. The lowest BCUT2D eigenvalue weighted by molar-refractivity contribution is 0.102. The number of H-pyrrole nitrogens is 1. The highest BCUT2D eigenvalue weighted by molar-refractivity contribution is 6.05. The van der Waals surface area contributed by atoms with Gasteiger partial charge in [-0.25, -0.2) is 5.10 Å². The molecule has 0 aliphatic carbocycles. The molecule has 2 atom stereocenters. The largest absolute Gasteiger partial charge is 0.489 e. The smallest absolute Gasteiger partial charge is 0.336 e. The summed E-state index contributed by atoms with van der Waals surface area (Å²) in [7, 11) is 1.45. The number of aromatic amines is 1. The Hall–Kier alpha value is -2.57. The summed E-state index contributed by atoms with van der Waals surface area (Å²) < 4.78 is 10.7. The molecule has 1 aromatic carbocycles. The lowest BCUT2D eigenvalue weighted by Crippen LogP contribution is -2.15. The second kappa shape index (κ2) is 5.08. The minimum atomic E-state index is -0.299. The number of rotatable bonds is 3. The molecule has 2 heterocycles. The number of fused-ring (bicyclic) bond motifs is 1. The van der Waals surface area contributed by atoms with Crippen LogP contribution < -0.4 is 14.8 Å². The molecule has 7 heteroatoms. The first-order valence-electron chi connectivity index (χ1n) is 6.67. The quantitative estimate of drug-likeness (QED) is 0.901. The van der Waals surface area contributed by atoms with Gasteiger partial charge < -0.3 is 9.47 Å². The number of aromatic nitrogens is 3. The van der Waals surface area contributed by atoms with E-state index in [0.717, 1.165) is 5.56 Å². The van der Waals surface area contributed by atoms with E-state index < -0.39 is 0 Å². The average molecular weight is 288 g/mol. The second-order valence-corrected chi connectivity index (χ2v) is 4.96. The number of nitrogens with zero attached hydrogens (tertiary/aromatic N) is 2. The number of ether oxygens (including phenoxy) is 2. The molecule has 0 spiro atoms. The molecule has 1 aliphatic rings. The molecule has 21 heavy (non-hydrogen) atoms. The summed E-state index contributed by atoms with van der Waals surface area (Å²) in [4.78, 5) is 16.3. The number of nitrogens with one attached hydrogen (secondary N) is 2. The van der Waals surface area contributed by atoms with Crippen molar-refractivity contribution in [2.45, 2.75) is 25.9 Å². The fraction of sp³-hybridized carbons (Fsp3) is 0.357. The summed E-state index contributed by atoms with van der Waals surface area (Å²) in [5.74, 6) is 0.833. The molecule has 2 unspecified atom stereocenters. The SMILES string of the molecule is COc1n[nH]c(NC(=O)c2cccc3c2OC(C)C3C)n1. The van der Waals surface area contributed by atoms with Gasteiger partial charge in [0.15, 0.2) is 0 Å². The maximum Gasteiger partial charge on any atom is 0.336 e. The monoisotopic (exact) mass is 288 g/mol. The maximum atomic E-state index is 12.4. The molecule has 0 bridgehead atoms. The number of anilines is 1. The van der Waals surface area contributed by atoms with Crippen molar-refractivity contribution in [3.8, 4) is 11.8 Å². The van der Waals surface area contributed by atoms with Crippen molar-refractivity contribution >= 4 is 11.9 Å². The number of para-hydroxylation sites is 1. The van der Waals surface area contributed by atoms with Gasteiger partial charge in [-0.3, -0.25) is 10.1 Å². The fourth-order valence-corrected chi connectivity index (χ4v) is 2.33. The van der Waals surface area contributed by atoms with E-state index in [2.05, 4.69) is 27.4 Å². The third kappa shape index (κ3) is 2.31. The summed E-state index contributed by atoms with van der Waals surface area (Å²) in [5.41, 5.74) is 1.53. The van der Waals surface area contributed by atoms with Crippen LogP contribution in [0.4, 0.5) is 5.95 Å². The van der Waals surface area contributed by atoms with E-state index in [1.807, 2.05) is 19.1 Å². The van der Waals surface area contributed by atoms with E-state index in [1.165, 1.54) is 7.11 Å². The Bertz CT molecular complexity index is 683. The van der Waals surface area contributed by atoms with Crippen LogP contribution in [0.15, 0.2) is 18.2 Å². The zero-order chi connectivity index (χ0) is 15.0. The number of carbonyl (C=O) groups excluding carboxylic acids is 1. The van der Waals surface area contributed by atoms with Gasteiger partial charge in [0.05, 0.1) is 12.7 Å². The second-order valence-electron chi connectivity index (χ2n) is 4.96. The number of hydrogen-bond donors (Lipinski definition) is 2. The van der Waals surface area contributed by atoms with Crippen molar-refractivity contribution < 1.29 is 14.3 Å². The Morgan fingerprint density at radius 1 is 1.43 bits per heavy atom. The fourth-order valence-electron chi connectivity index (χ4n) is 2.33. The standard InChI is InChI=1S/C14H16N4O3/c1-7-8(2)21-11-9(7)5-4-6-10(11)12(19)15-13-16-14(20-3)18-17-13/h4-8H,1-3H3,(H2,15,16,17,18,19). The van der Waals surface area contributed by atoms with Crippen LogP contribution in [0.2, 0.25) is 0 Å². The molecule has 0 radical (unpaired) electrons. The number of benzene rings is 1. The van der Waals surface area contributed by atoms with Gasteiger partial charge in [-0.15, -0.1) is 5.10 Å². The first kappa shape index (κ1) is 13.4. The van der Waals surface area contributed by atoms with E-state index in [4.69, 9.17) is 9.47 Å². The topological polar surface area (TPSA) is 89.1 Å². The zero-order valence-corrected chi connectivity index (χ0v) is 12.0. The highest BCUT2D eigenvalue weighted by atomic mass is 16.5. The number of carbonyl (C=O) groups is 1. The molecule has 0 saturated heterocycles. The molecule has 7 nitrogen and oxygen atoms in total. The van der Waals surface area contributed by atoms with Crippen LogP contribution in [0, 0.1) is 0 Å². The Morgan fingerprint density at radius 3 is 2.95 bits per heavy atom. The summed E-state index contributed by atoms with van der Waals surface area (Å²) in [6, 6.07) is 5.73. The Morgan fingerprint density at radius 2 is 2.24 bits per heavy atom. The molecule has 1 amide bonds. The zero-order valence-electron chi connectivity index (χ0n) is 12.0. The summed E-state index contributed by atoms with van der Waals surface area (Å²) >= 11 is 0. The van der Waals surface area contributed by atoms with Crippen LogP contribution >= 0.6 is 0 Å². The van der Waals surface area contributed by atoms with Gasteiger partial charge in [-0.2, -0.15) is 4.98 Å². The Balaban J connectivity index is 1.86. The highest BCUT2D eigenvalue weighted by Gasteiger charge is 2.31. The van der Waals surface area contributed by atoms with E-state index in [9.17, 15) is 4.79 Å². The minimum absolute atomic E-state index is 0.0549. The predicted octanol–water partition coefficient (Wildman–Crippen LogP) is 1.95. The summed E-state index contributed by atoms with van der Waals surface area (Å²) in [5, 5.41) is 9.00. The van der Waals surface area contributed by atoms with Gasteiger partial charge in [-0.05, 0) is 13.0 Å². The van der Waals surface area contributed by atoms with Crippen LogP contribution in [-0.2, 0) is 0 Å². The lowest BCUT2D eigenvalue weighted by Gasteiger charge is -2.08. The van der Waals surface area contributed by atoms with Gasteiger partial charge in [-0.1, -0.05) is 19.1 Å². The highest BCUT2D eigenvalue weighted by Crippen LogP contribution is 2.40. The van der Waals surface area contributed by atoms with Crippen LogP contribution in [-0.4, -0.2) is 34.3 Å². The summed E-state index contributed by atoms with van der Waals surface area (Å²) in [6.07, 6.45) is 0.0549. The van der Waals surface area contributed by atoms with Crippen molar-refractivity contribution in [3.63, 3.8) is 0 Å². The van der Waals surface area contributed by atoms with E-state index in [1.54, 1.807) is 6.07 Å². The van der Waals surface area contributed by atoms with Crippen molar-refractivity contribution in [1.29, 1.82) is 0 Å². The van der Waals surface area contributed by atoms with E-state index >= 15 is 0 Å². The van der Waals surface area contributed by atoms with Gasteiger partial charge >= 0.3 is 6.01 Å². The third-order valence-electron chi connectivity index (χ3n) is 3.67. The molecule has 2 aromatic rings. The van der Waals surface area contributed by atoms with Gasteiger partial charge in [0.2, 0.25) is 5.95 Å². The third-order valence-corrected chi connectivity index (χ3v) is 3.67. The van der Waals surface area contributed by atoms with Crippen LogP contribution in [0.25, 0.3) is 0 Å². The van der Waals surface area contributed by atoms with Crippen molar-refractivity contribution in [2.75, 3.05) is 12.4 Å². The molecule has 110 valence electrons. The van der Waals surface area contributed by atoms with Crippen molar-refractivity contribution in [3.05, 3.63) is 29.3 Å². The molecular formula is C14H16N4O3. The lowest BCUT2D eigenvalue weighted by atomic mass is 9.97. The maximum absolute atomic E-state index is 12.4. The van der Waals surface area contributed by atoms with Crippen LogP contribution in [0.3, 0.4) is 0 Å². The summed E-state index contributed by atoms with van der Waals surface area (Å²) in [6.45, 7) is 4.08. The van der Waals surface area contributed by atoms with Crippen molar-refractivity contribution in [1.82, 2.24) is 15.2 Å². The predicted molar refractivity (Wildman–Crippen MR) is 75.8 cm³/mol. The molecule has 1 aliphatic heterocycles. The molecule has 2 N–H and O–H groups in total. The molecule has 0 saturated carbocycles. The first-order chi connectivity index (χ1) is 10.1. The molecule has 1 aromatic heterocycles. The van der Waals surface area contributed by atoms with Gasteiger partial charge in [0, 0.05) is 11.5 Å². The van der Waals surface area contributed by atoms with E-state index in [-0.39, 0.29) is 29.9 Å². The van der Waals surface area contributed by atoms with E-state index in [0.29, 0.717) is 11.3 Å². The molecule has 0 fully saturated rings. The first-order valence-corrected chi connectivity index (χ1v) is 6.67. The molecule has 3 rings (SSSR count). The minimum Gasteiger partial charge on any atom is -0.489 e. The average Bonchev–Trinajstić information content (AvgIpc) is 3.04. The van der Waals surface area contributed by atoms with Crippen molar-refractivity contribution in [2.24, 2.45) is 0 Å². The van der Waals surface area contributed by atoms with Crippen LogP contribution in [0.5, 0.6) is 11.8 Å². The number of amides is 1. The normalized spacial score (nSPS) is 19.8.